The first-order valence-electron chi connectivity index (χ1n) is 7.28. The smallest absolute Gasteiger partial charge is 0.236 e. The molecule has 1 aromatic heterocycles. The standard InChI is InChI=1S/C16H22N4O/c1-11(2)8-19-16(21)12(3)17-9-13-10-18-14-6-4-5-7-15(14)20-13/h4-7,10-12,17H,8-9H2,1-3H3,(H,19,21). The molecule has 2 rings (SSSR count). The zero-order valence-corrected chi connectivity index (χ0v) is 12.8. The molecule has 1 atom stereocenters. The summed E-state index contributed by atoms with van der Waals surface area (Å²) in [6.45, 7) is 7.21. The summed E-state index contributed by atoms with van der Waals surface area (Å²) in [5.41, 5.74) is 2.58. The van der Waals surface area contributed by atoms with Crippen LogP contribution in [0.25, 0.3) is 11.0 Å². The van der Waals surface area contributed by atoms with Crippen LogP contribution in [-0.4, -0.2) is 28.5 Å². The molecule has 1 unspecified atom stereocenters. The second kappa shape index (κ2) is 7.13. The van der Waals surface area contributed by atoms with E-state index in [4.69, 9.17) is 0 Å². The van der Waals surface area contributed by atoms with Gasteiger partial charge >= 0.3 is 0 Å². The van der Waals surface area contributed by atoms with Gasteiger partial charge in [0.2, 0.25) is 5.91 Å². The van der Waals surface area contributed by atoms with Crippen molar-refractivity contribution >= 4 is 16.9 Å². The molecule has 0 spiro atoms. The average molecular weight is 286 g/mol. The monoisotopic (exact) mass is 286 g/mol. The van der Waals surface area contributed by atoms with E-state index in [1.807, 2.05) is 31.2 Å². The highest BCUT2D eigenvalue weighted by Crippen LogP contribution is 2.08. The summed E-state index contributed by atoms with van der Waals surface area (Å²) in [5.74, 6) is 0.463. The summed E-state index contributed by atoms with van der Waals surface area (Å²) in [7, 11) is 0. The Labute approximate surface area is 125 Å². The summed E-state index contributed by atoms with van der Waals surface area (Å²) in [6, 6.07) is 7.50. The van der Waals surface area contributed by atoms with E-state index in [2.05, 4.69) is 34.4 Å². The molecular weight excluding hydrogens is 264 g/mol. The lowest BCUT2D eigenvalue weighted by Crippen LogP contribution is -2.43. The highest BCUT2D eigenvalue weighted by atomic mass is 16.2. The minimum atomic E-state index is -0.253. The Morgan fingerprint density at radius 2 is 1.90 bits per heavy atom. The number of benzene rings is 1. The molecule has 0 aliphatic carbocycles. The van der Waals surface area contributed by atoms with Crippen LogP contribution in [0.15, 0.2) is 30.5 Å². The van der Waals surface area contributed by atoms with Crippen LogP contribution in [0, 0.1) is 5.92 Å². The van der Waals surface area contributed by atoms with Gasteiger partial charge in [0.25, 0.3) is 0 Å². The summed E-state index contributed by atoms with van der Waals surface area (Å²) in [5, 5.41) is 6.08. The van der Waals surface area contributed by atoms with Crippen molar-refractivity contribution in [3.63, 3.8) is 0 Å². The minimum Gasteiger partial charge on any atom is -0.354 e. The largest absolute Gasteiger partial charge is 0.354 e. The first-order chi connectivity index (χ1) is 10.1. The van der Waals surface area contributed by atoms with Crippen molar-refractivity contribution in [1.29, 1.82) is 0 Å². The Kier molecular flexibility index (Phi) is 5.22. The van der Waals surface area contributed by atoms with E-state index >= 15 is 0 Å². The molecule has 2 N–H and O–H groups in total. The van der Waals surface area contributed by atoms with Crippen molar-refractivity contribution in [2.24, 2.45) is 5.92 Å². The summed E-state index contributed by atoms with van der Waals surface area (Å²) < 4.78 is 0. The number of nitrogens with one attached hydrogen (secondary N) is 2. The topological polar surface area (TPSA) is 66.9 Å². The van der Waals surface area contributed by atoms with Gasteiger partial charge in [-0.2, -0.15) is 0 Å². The molecule has 0 saturated carbocycles. The number of para-hydroxylation sites is 2. The lowest BCUT2D eigenvalue weighted by Gasteiger charge is -2.15. The van der Waals surface area contributed by atoms with Crippen molar-refractivity contribution in [2.75, 3.05) is 6.54 Å². The predicted molar refractivity (Wildman–Crippen MR) is 83.7 cm³/mol. The van der Waals surface area contributed by atoms with Crippen molar-refractivity contribution in [3.05, 3.63) is 36.2 Å². The van der Waals surface area contributed by atoms with E-state index in [1.165, 1.54) is 0 Å². The van der Waals surface area contributed by atoms with Crippen LogP contribution >= 0.6 is 0 Å². The normalized spacial score (nSPS) is 12.6. The Bertz CT molecular complexity index is 612. The first kappa shape index (κ1) is 15.4. The zero-order valence-electron chi connectivity index (χ0n) is 12.8. The van der Waals surface area contributed by atoms with E-state index in [0.717, 1.165) is 16.7 Å². The molecule has 0 fully saturated rings. The fourth-order valence-corrected chi connectivity index (χ4v) is 1.89. The average Bonchev–Trinajstić information content (AvgIpc) is 2.49. The lowest BCUT2D eigenvalue weighted by atomic mass is 10.2. The Balaban J connectivity index is 1.90. The molecule has 0 aliphatic rings. The number of hydrogen-bond acceptors (Lipinski definition) is 4. The Morgan fingerprint density at radius 1 is 1.19 bits per heavy atom. The Morgan fingerprint density at radius 3 is 2.62 bits per heavy atom. The highest BCUT2D eigenvalue weighted by Gasteiger charge is 2.12. The quantitative estimate of drug-likeness (QED) is 0.851. The van der Waals surface area contributed by atoms with Gasteiger partial charge in [-0.25, -0.2) is 4.98 Å². The molecule has 21 heavy (non-hydrogen) atoms. The molecule has 0 radical (unpaired) electrons. The fourth-order valence-electron chi connectivity index (χ4n) is 1.89. The van der Waals surface area contributed by atoms with Crippen molar-refractivity contribution in [2.45, 2.75) is 33.4 Å². The molecule has 5 nitrogen and oxygen atoms in total. The number of hydrogen-bond donors (Lipinski definition) is 2. The maximum atomic E-state index is 11.9. The van der Waals surface area contributed by atoms with Crippen LogP contribution < -0.4 is 10.6 Å². The number of aromatic nitrogens is 2. The van der Waals surface area contributed by atoms with Crippen LogP contribution in [0.4, 0.5) is 0 Å². The summed E-state index contributed by atoms with van der Waals surface area (Å²) in [6.07, 6.45) is 1.74. The molecule has 1 amide bonds. The maximum absolute atomic E-state index is 11.9. The SMILES string of the molecule is CC(C)CNC(=O)C(C)NCc1cnc2ccccc2n1. The fraction of sp³-hybridized carbons (Fsp3) is 0.438. The maximum Gasteiger partial charge on any atom is 0.236 e. The first-order valence-corrected chi connectivity index (χ1v) is 7.28. The summed E-state index contributed by atoms with van der Waals surface area (Å²) in [4.78, 5) is 20.8. The van der Waals surface area contributed by atoms with Crippen LogP contribution in [0.2, 0.25) is 0 Å². The van der Waals surface area contributed by atoms with Gasteiger partial charge in [-0.05, 0) is 25.0 Å². The number of carbonyl (C=O) groups excluding carboxylic acids is 1. The molecule has 0 bridgehead atoms. The van der Waals surface area contributed by atoms with E-state index in [1.54, 1.807) is 6.20 Å². The number of nitrogens with zero attached hydrogens (tertiary/aromatic N) is 2. The minimum absolute atomic E-state index is 0.0115. The second-order valence-corrected chi connectivity index (χ2v) is 5.59. The number of amides is 1. The van der Waals surface area contributed by atoms with Crippen LogP contribution in [0.3, 0.4) is 0 Å². The van der Waals surface area contributed by atoms with Gasteiger partial charge in [-0.1, -0.05) is 26.0 Å². The Hall–Kier alpha value is -2.01. The van der Waals surface area contributed by atoms with Crippen LogP contribution in [-0.2, 0) is 11.3 Å². The van der Waals surface area contributed by atoms with Gasteiger partial charge in [0.1, 0.15) is 0 Å². The van der Waals surface area contributed by atoms with E-state index in [9.17, 15) is 4.79 Å². The molecule has 1 heterocycles. The lowest BCUT2D eigenvalue weighted by molar-refractivity contribution is -0.122. The van der Waals surface area contributed by atoms with Gasteiger partial charge in [-0.3, -0.25) is 9.78 Å². The highest BCUT2D eigenvalue weighted by molar-refractivity contribution is 5.81. The van der Waals surface area contributed by atoms with Crippen LogP contribution in [0.1, 0.15) is 26.5 Å². The molecule has 0 aliphatic heterocycles. The number of fused-ring (bicyclic) bond motifs is 1. The van der Waals surface area contributed by atoms with Crippen LogP contribution in [0.5, 0.6) is 0 Å². The number of carbonyl (C=O) groups is 1. The molecule has 5 heteroatoms. The third kappa shape index (κ3) is 4.49. The van der Waals surface area contributed by atoms with Gasteiger partial charge in [-0.15, -0.1) is 0 Å². The van der Waals surface area contributed by atoms with E-state index in [0.29, 0.717) is 19.0 Å². The van der Waals surface area contributed by atoms with Gasteiger partial charge < -0.3 is 10.6 Å². The second-order valence-electron chi connectivity index (χ2n) is 5.59. The summed E-state index contributed by atoms with van der Waals surface area (Å²) >= 11 is 0. The van der Waals surface area contributed by atoms with E-state index in [-0.39, 0.29) is 11.9 Å². The molecular formula is C16H22N4O. The van der Waals surface area contributed by atoms with Crippen molar-refractivity contribution in [3.8, 4) is 0 Å². The molecule has 0 saturated heterocycles. The van der Waals surface area contributed by atoms with Crippen molar-refractivity contribution in [1.82, 2.24) is 20.6 Å². The zero-order chi connectivity index (χ0) is 15.2. The predicted octanol–water partition coefficient (Wildman–Crippen LogP) is 1.88. The third-order valence-corrected chi connectivity index (χ3v) is 3.17. The van der Waals surface area contributed by atoms with Gasteiger partial charge in [0, 0.05) is 13.1 Å². The number of rotatable bonds is 6. The van der Waals surface area contributed by atoms with Crippen molar-refractivity contribution < 1.29 is 4.79 Å². The molecule has 112 valence electrons. The van der Waals surface area contributed by atoms with Gasteiger partial charge in [0.15, 0.2) is 0 Å². The molecule has 2 aromatic rings. The van der Waals surface area contributed by atoms with E-state index < -0.39 is 0 Å². The van der Waals surface area contributed by atoms with Gasteiger partial charge in [0.05, 0.1) is 29.0 Å². The third-order valence-electron chi connectivity index (χ3n) is 3.17. The molecule has 1 aromatic carbocycles.